The highest BCUT2D eigenvalue weighted by Gasteiger charge is 2.56. The molecule has 2 heterocycles. The van der Waals surface area contributed by atoms with Crippen LogP contribution in [-0.2, 0) is 17.8 Å². The normalized spacial score (nSPS) is 25.5. The van der Waals surface area contributed by atoms with Crippen molar-refractivity contribution < 1.29 is 13.9 Å². The van der Waals surface area contributed by atoms with Gasteiger partial charge in [0.2, 0.25) is 11.9 Å². The molecule has 0 radical (unpaired) electrons. The van der Waals surface area contributed by atoms with E-state index in [1.165, 1.54) is 19.6 Å². The minimum Gasteiger partial charge on any atom is -0.497 e. The fourth-order valence-corrected chi connectivity index (χ4v) is 7.71. The molecule has 8 rings (SSSR count). The molecule has 2 bridgehead atoms. The summed E-state index contributed by atoms with van der Waals surface area (Å²) < 4.78 is 21.5. The van der Waals surface area contributed by atoms with Gasteiger partial charge in [0.1, 0.15) is 11.6 Å². The summed E-state index contributed by atoms with van der Waals surface area (Å²) in [6, 6.07) is 10.8. The zero-order valence-electron chi connectivity index (χ0n) is 27.1. The predicted molar refractivity (Wildman–Crippen MR) is 178 cm³/mol. The third kappa shape index (κ3) is 5.80. The second-order valence-electron chi connectivity index (χ2n) is 14.1. The van der Waals surface area contributed by atoms with Gasteiger partial charge in [-0.15, -0.1) is 0 Å². The number of carbonyl (C=O) groups excluding carboxylic acids is 1. The summed E-state index contributed by atoms with van der Waals surface area (Å²) in [6.45, 7) is 8.84. The van der Waals surface area contributed by atoms with Crippen molar-refractivity contribution in [1.82, 2.24) is 19.8 Å². The lowest BCUT2D eigenvalue weighted by atomic mass is 9.45. The number of nitrogens with one attached hydrogen (secondary N) is 3. The van der Waals surface area contributed by atoms with Crippen molar-refractivity contribution in [3.05, 3.63) is 58.1 Å². The summed E-state index contributed by atoms with van der Waals surface area (Å²) in [5.74, 6) is 3.02. The van der Waals surface area contributed by atoms with Gasteiger partial charge in [-0.2, -0.15) is 0 Å². The number of nitrogens with zero attached hydrogens (tertiary/aromatic N) is 4. The van der Waals surface area contributed by atoms with Crippen molar-refractivity contribution in [3.8, 4) is 5.75 Å². The predicted octanol–water partition coefficient (Wildman–Crippen LogP) is 4.63. The van der Waals surface area contributed by atoms with Gasteiger partial charge in [-0.05, 0) is 85.1 Å². The molecule has 1 amide bonds. The van der Waals surface area contributed by atoms with E-state index in [0.29, 0.717) is 76.8 Å². The Labute approximate surface area is 268 Å². The van der Waals surface area contributed by atoms with Crippen molar-refractivity contribution in [1.29, 1.82) is 0 Å². The molecule has 4 aliphatic carbocycles. The third-order valence-corrected chi connectivity index (χ3v) is 10.9. The number of carbonyl (C=O) groups is 1. The summed E-state index contributed by atoms with van der Waals surface area (Å²) in [6.07, 6.45) is 4.69. The molecule has 1 unspecified atom stereocenters. The van der Waals surface area contributed by atoms with Gasteiger partial charge in [-0.25, -0.2) is 14.4 Å². The number of piperazine rings is 1. The first-order valence-electron chi connectivity index (χ1n) is 16.6. The molecular formula is C35H44FN7O3. The molecule has 11 heteroatoms. The Kier molecular flexibility index (Phi) is 7.89. The highest BCUT2D eigenvalue weighted by atomic mass is 19.1. The fraction of sp³-hybridized carbons (Fsp3) is 0.543. The lowest BCUT2D eigenvalue weighted by Gasteiger charge is -2.61. The molecule has 10 nitrogen and oxygen atoms in total. The first-order valence-corrected chi connectivity index (χ1v) is 16.6. The number of anilines is 2. The topological polar surface area (TPSA) is 113 Å². The number of hydrogen-bond donors (Lipinski definition) is 3. The molecule has 2 aromatic carbocycles. The van der Waals surface area contributed by atoms with E-state index < -0.39 is 0 Å². The largest absolute Gasteiger partial charge is 0.497 e. The van der Waals surface area contributed by atoms with E-state index in [1.807, 2.05) is 17.0 Å². The average molecular weight is 630 g/mol. The van der Waals surface area contributed by atoms with Crippen molar-refractivity contribution in [2.45, 2.75) is 71.5 Å². The van der Waals surface area contributed by atoms with Gasteiger partial charge in [0.25, 0.3) is 5.56 Å². The lowest BCUT2D eigenvalue weighted by molar-refractivity contribution is -0.122. The number of aromatic nitrogens is 2. The van der Waals surface area contributed by atoms with Crippen molar-refractivity contribution in [2.75, 3.05) is 37.4 Å². The quantitative estimate of drug-likeness (QED) is 0.246. The summed E-state index contributed by atoms with van der Waals surface area (Å²) in [5.41, 5.74) is 2.02. The lowest BCUT2D eigenvalue weighted by Crippen LogP contribution is -2.57. The molecule has 3 aromatic rings. The van der Waals surface area contributed by atoms with Gasteiger partial charge < -0.3 is 25.6 Å². The van der Waals surface area contributed by atoms with Gasteiger partial charge in [0.05, 0.1) is 30.6 Å². The zero-order valence-corrected chi connectivity index (χ0v) is 27.1. The van der Waals surface area contributed by atoms with Gasteiger partial charge in [-0.1, -0.05) is 26.8 Å². The van der Waals surface area contributed by atoms with Crippen molar-refractivity contribution >= 4 is 34.4 Å². The van der Waals surface area contributed by atoms with E-state index in [9.17, 15) is 14.0 Å². The number of aliphatic imine (C=N–C) groups is 1. The fourth-order valence-electron chi connectivity index (χ4n) is 7.71. The van der Waals surface area contributed by atoms with E-state index in [-0.39, 0.29) is 42.5 Å². The third-order valence-electron chi connectivity index (χ3n) is 10.9. The summed E-state index contributed by atoms with van der Waals surface area (Å²) in [7, 11) is 1.50. The number of hydrogen-bond acceptors (Lipinski definition) is 6. The monoisotopic (exact) mass is 629 g/mol. The number of amides is 1. The van der Waals surface area contributed by atoms with Crippen LogP contribution in [0.15, 0.2) is 46.2 Å². The second-order valence-corrected chi connectivity index (χ2v) is 14.1. The highest BCUT2D eigenvalue weighted by molar-refractivity contribution is 5.98. The molecule has 1 aliphatic heterocycles. The van der Waals surface area contributed by atoms with Crippen LogP contribution in [0.4, 0.5) is 16.0 Å². The van der Waals surface area contributed by atoms with Crippen LogP contribution < -0.4 is 26.2 Å². The van der Waals surface area contributed by atoms with Crippen LogP contribution in [0, 0.1) is 29.0 Å². The standard InChI is InChI=1S/C35H44FN7O3/c1-20-27-15-22(35(27,2)3)16-29(20)40-33(42-14-12-37-31(44)19-42)39-24-8-10-26-30(17-24)41-34(38-23-6-7-23)43(32(26)45)13-11-21-5-9-25(46-4)18-28(21)36/h5,8-10,17-18,20,22-23,27,29H,6-7,11-16,19H2,1-4H3,(H,37,44)(H,38,41)(H,39,40)/t20-,22+,27-,29?/m0/s1. The molecule has 46 heavy (non-hydrogen) atoms. The maximum Gasteiger partial charge on any atom is 0.262 e. The van der Waals surface area contributed by atoms with Crippen LogP contribution in [0.25, 0.3) is 10.9 Å². The number of fused-ring (bicyclic) bond motifs is 3. The Morgan fingerprint density at radius 2 is 2.00 bits per heavy atom. The van der Waals surface area contributed by atoms with Gasteiger partial charge in [0.15, 0.2) is 5.96 Å². The van der Waals surface area contributed by atoms with Crippen LogP contribution in [0.2, 0.25) is 0 Å². The van der Waals surface area contributed by atoms with Crippen molar-refractivity contribution in [2.24, 2.45) is 28.2 Å². The molecule has 1 saturated heterocycles. The number of guanidine groups is 1. The van der Waals surface area contributed by atoms with E-state index in [4.69, 9.17) is 14.7 Å². The number of ether oxygens (including phenoxy) is 1. The molecule has 0 spiro atoms. The number of rotatable bonds is 8. The maximum atomic E-state index is 14.7. The minimum atomic E-state index is -0.361. The number of halogens is 1. The number of aryl methyl sites for hydroxylation is 1. The summed E-state index contributed by atoms with van der Waals surface area (Å²) >= 11 is 0. The molecule has 4 atom stereocenters. The first kappa shape index (κ1) is 30.5. The van der Waals surface area contributed by atoms with Crippen LogP contribution in [0.5, 0.6) is 5.75 Å². The molecule has 3 N–H and O–H groups in total. The van der Waals surface area contributed by atoms with Gasteiger partial charge in [0, 0.05) is 37.4 Å². The van der Waals surface area contributed by atoms with E-state index in [2.05, 4.69) is 36.7 Å². The number of methoxy groups -OCH3 is 1. The summed E-state index contributed by atoms with van der Waals surface area (Å²) in [4.78, 5) is 38.4. The smallest absolute Gasteiger partial charge is 0.262 e. The zero-order chi connectivity index (χ0) is 32.2. The Morgan fingerprint density at radius 3 is 2.70 bits per heavy atom. The summed E-state index contributed by atoms with van der Waals surface area (Å²) in [5, 5.41) is 10.3. The van der Waals surface area contributed by atoms with Crippen LogP contribution in [-0.4, -0.2) is 65.1 Å². The second kappa shape index (κ2) is 11.9. The molecule has 5 fully saturated rings. The number of benzene rings is 2. The van der Waals surface area contributed by atoms with E-state index in [1.54, 1.807) is 22.8 Å². The Hall–Kier alpha value is -4.15. The average Bonchev–Trinajstić information content (AvgIpc) is 3.85. The Morgan fingerprint density at radius 1 is 1.17 bits per heavy atom. The molecule has 1 aromatic heterocycles. The van der Waals surface area contributed by atoms with Crippen LogP contribution >= 0.6 is 0 Å². The molecule has 244 valence electrons. The first-order chi connectivity index (χ1) is 22.1. The maximum absolute atomic E-state index is 14.7. The SMILES string of the molecule is COc1ccc(CCn2c(NC3CC3)nc3cc(NC(=NC4C[C@H]5C[C@@H]([C@@H]4C)C5(C)C)N4CCNC(=O)C4)ccc3c2=O)c(F)c1. The van der Waals surface area contributed by atoms with Gasteiger partial charge >= 0.3 is 0 Å². The molecule has 4 saturated carbocycles. The molecule has 5 aliphatic rings. The van der Waals surface area contributed by atoms with Crippen LogP contribution in [0.1, 0.15) is 52.0 Å². The van der Waals surface area contributed by atoms with E-state index in [0.717, 1.165) is 24.9 Å². The Balaban J connectivity index is 1.18. The van der Waals surface area contributed by atoms with Crippen molar-refractivity contribution in [3.63, 3.8) is 0 Å². The van der Waals surface area contributed by atoms with Crippen LogP contribution in [0.3, 0.4) is 0 Å². The van der Waals surface area contributed by atoms with E-state index >= 15 is 0 Å². The highest BCUT2D eigenvalue weighted by Crippen LogP contribution is 2.61. The van der Waals surface area contributed by atoms with Gasteiger partial charge in [-0.3, -0.25) is 14.2 Å². The molecular weight excluding hydrogens is 585 g/mol. The minimum absolute atomic E-state index is 0.0209. The Bertz CT molecular complexity index is 1750.